The normalized spacial score (nSPS) is 18.5. The zero-order valence-corrected chi connectivity index (χ0v) is 15.3. The van der Waals surface area contributed by atoms with E-state index in [1.807, 2.05) is 18.2 Å². The monoisotopic (exact) mass is 352 g/mol. The molecule has 1 heterocycles. The van der Waals surface area contributed by atoms with Crippen LogP contribution < -0.4 is 4.74 Å². The lowest BCUT2D eigenvalue weighted by Gasteiger charge is -2.03. The number of hydrogen-bond donors (Lipinski definition) is 0. The Balaban J connectivity index is 1.17. The summed E-state index contributed by atoms with van der Waals surface area (Å²) in [6.45, 7) is 0. The van der Waals surface area contributed by atoms with Gasteiger partial charge in [-0.1, -0.05) is 80.6 Å². The topological polar surface area (TPSA) is 38.8 Å². The minimum Gasteiger partial charge on any atom is -0.425 e. The second-order valence-corrected chi connectivity index (χ2v) is 6.97. The first-order valence-electron chi connectivity index (χ1n) is 9.79. The van der Waals surface area contributed by atoms with E-state index in [0.29, 0.717) is 5.75 Å². The Morgan fingerprint density at radius 2 is 1.42 bits per heavy atom. The van der Waals surface area contributed by atoms with Crippen molar-refractivity contribution in [3.8, 4) is 5.75 Å². The highest BCUT2D eigenvalue weighted by molar-refractivity contribution is 5.80. The Labute approximate surface area is 156 Å². The molecular formula is C23H28O3. The van der Waals surface area contributed by atoms with Gasteiger partial charge in [0.1, 0.15) is 5.75 Å². The van der Waals surface area contributed by atoms with Crippen molar-refractivity contribution in [3.63, 3.8) is 0 Å². The molecule has 2 unspecified atom stereocenters. The van der Waals surface area contributed by atoms with E-state index in [9.17, 15) is 4.79 Å². The molecule has 0 bridgehead atoms. The summed E-state index contributed by atoms with van der Waals surface area (Å²) >= 11 is 0. The van der Waals surface area contributed by atoms with E-state index in [1.165, 1.54) is 44.1 Å². The summed E-state index contributed by atoms with van der Waals surface area (Å²) in [6, 6.07) is 19.9. The molecule has 0 saturated carbocycles. The second-order valence-electron chi connectivity index (χ2n) is 6.97. The van der Waals surface area contributed by atoms with E-state index >= 15 is 0 Å². The molecule has 0 aliphatic carbocycles. The number of esters is 1. The number of aryl methyl sites for hydroxylation is 1. The van der Waals surface area contributed by atoms with Crippen molar-refractivity contribution >= 4 is 5.97 Å². The van der Waals surface area contributed by atoms with E-state index in [4.69, 9.17) is 9.47 Å². The van der Waals surface area contributed by atoms with Gasteiger partial charge in [-0.05, 0) is 37.0 Å². The predicted molar refractivity (Wildman–Crippen MR) is 103 cm³/mol. The number of hydrogen-bond acceptors (Lipinski definition) is 3. The molecule has 26 heavy (non-hydrogen) atoms. The largest absolute Gasteiger partial charge is 0.425 e. The molecule has 0 radical (unpaired) electrons. The van der Waals surface area contributed by atoms with Gasteiger partial charge in [-0.2, -0.15) is 0 Å². The van der Waals surface area contributed by atoms with Gasteiger partial charge in [0.2, 0.25) is 0 Å². The Morgan fingerprint density at radius 3 is 2.15 bits per heavy atom. The summed E-state index contributed by atoms with van der Waals surface area (Å²) in [6.07, 6.45) is 9.29. The lowest BCUT2D eigenvalue weighted by Crippen LogP contribution is -2.17. The third kappa shape index (κ3) is 6.30. The minimum atomic E-state index is -0.360. The first-order chi connectivity index (χ1) is 12.8. The molecule has 0 spiro atoms. The summed E-state index contributed by atoms with van der Waals surface area (Å²) in [5.41, 5.74) is 1.44. The standard InChI is InChI=1S/C23H28O3/c24-23(25-20-16-10-6-11-17-20)22-21(26-22)18-12-4-2-1-3-7-13-19-14-8-5-9-15-19/h5-6,8-11,14-17,21-22H,1-4,7,12-13,18H2. The molecule has 0 N–H and O–H groups in total. The van der Waals surface area contributed by atoms with Crippen molar-refractivity contribution < 1.29 is 14.3 Å². The van der Waals surface area contributed by atoms with Crippen LogP contribution >= 0.6 is 0 Å². The van der Waals surface area contributed by atoms with Gasteiger partial charge in [-0.15, -0.1) is 0 Å². The van der Waals surface area contributed by atoms with Gasteiger partial charge in [0.15, 0.2) is 6.10 Å². The summed E-state index contributed by atoms with van der Waals surface area (Å²) in [4.78, 5) is 12.0. The van der Waals surface area contributed by atoms with Gasteiger partial charge in [-0.3, -0.25) is 0 Å². The first kappa shape index (κ1) is 18.7. The van der Waals surface area contributed by atoms with Gasteiger partial charge in [0.05, 0.1) is 6.10 Å². The van der Waals surface area contributed by atoms with E-state index in [1.54, 1.807) is 12.1 Å². The fourth-order valence-electron chi connectivity index (χ4n) is 3.26. The quantitative estimate of drug-likeness (QED) is 0.237. The fourth-order valence-corrected chi connectivity index (χ4v) is 3.26. The van der Waals surface area contributed by atoms with Gasteiger partial charge >= 0.3 is 5.97 Å². The van der Waals surface area contributed by atoms with Crippen LogP contribution in [0.5, 0.6) is 5.75 Å². The lowest BCUT2D eigenvalue weighted by molar-refractivity contribution is -0.135. The summed E-state index contributed by atoms with van der Waals surface area (Å²) in [5, 5.41) is 0. The maximum atomic E-state index is 12.0. The van der Waals surface area contributed by atoms with Crippen LogP contribution in [0, 0.1) is 0 Å². The Hall–Kier alpha value is -2.13. The van der Waals surface area contributed by atoms with E-state index in [0.717, 1.165) is 12.8 Å². The average molecular weight is 352 g/mol. The highest BCUT2D eigenvalue weighted by atomic mass is 16.6. The molecule has 0 aromatic heterocycles. The number of para-hydroxylation sites is 1. The molecule has 3 nitrogen and oxygen atoms in total. The molecule has 2 atom stereocenters. The van der Waals surface area contributed by atoms with E-state index in [-0.39, 0.29) is 18.2 Å². The molecule has 1 aliphatic rings. The zero-order valence-electron chi connectivity index (χ0n) is 15.3. The molecule has 2 aromatic carbocycles. The number of carbonyl (C=O) groups is 1. The fraction of sp³-hybridized carbons (Fsp3) is 0.435. The third-order valence-electron chi connectivity index (χ3n) is 4.82. The number of ether oxygens (including phenoxy) is 2. The van der Waals surface area contributed by atoms with Crippen molar-refractivity contribution in [3.05, 3.63) is 66.2 Å². The highest BCUT2D eigenvalue weighted by Crippen LogP contribution is 2.29. The van der Waals surface area contributed by atoms with Gasteiger partial charge in [0, 0.05) is 0 Å². The molecule has 3 rings (SSSR count). The number of epoxide rings is 1. The number of rotatable bonds is 11. The molecule has 1 fully saturated rings. The van der Waals surface area contributed by atoms with Crippen molar-refractivity contribution in [2.24, 2.45) is 0 Å². The Bertz CT molecular complexity index is 654. The molecule has 1 saturated heterocycles. The van der Waals surface area contributed by atoms with Crippen LogP contribution in [0.25, 0.3) is 0 Å². The summed E-state index contributed by atoms with van der Waals surface area (Å²) < 4.78 is 10.8. The van der Waals surface area contributed by atoms with Crippen molar-refractivity contribution in [2.45, 2.75) is 63.6 Å². The van der Waals surface area contributed by atoms with Gasteiger partial charge < -0.3 is 9.47 Å². The Kier molecular flexibility index (Phi) is 7.26. The van der Waals surface area contributed by atoms with Gasteiger partial charge in [0.25, 0.3) is 0 Å². The van der Waals surface area contributed by atoms with Crippen LogP contribution in [-0.2, 0) is 16.0 Å². The number of unbranched alkanes of at least 4 members (excludes halogenated alkanes) is 5. The zero-order chi connectivity index (χ0) is 18.0. The number of carbonyl (C=O) groups excluding carboxylic acids is 1. The van der Waals surface area contributed by atoms with Crippen LogP contribution in [0.4, 0.5) is 0 Å². The third-order valence-corrected chi connectivity index (χ3v) is 4.82. The summed E-state index contributed by atoms with van der Waals surface area (Å²) in [5.74, 6) is 0.323. The molecule has 2 aromatic rings. The number of benzene rings is 2. The lowest BCUT2D eigenvalue weighted by atomic mass is 10.0. The first-order valence-corrected chi connectivity index (χ1v) is 9.79. The van der Waals surface area contributed by atoms with E-state index < -0.39 is 0 Å². The predicted octanol–water partition coefficient (Wildman–Crippen LogP) is 5.33. The van der Waals surface area contributed by atoms with Crippen LogP contribution in [0.2, 0.25) is 0 Å². The van der Waals surface area contributed by atoms with E-state index in [2.05, 4.69) is 30.3 Å². The van der Waals surface area contributed by atoms with Crippen molar-refractivity contribution in [1.29, 1.82) is 0 Å². The van der Waals surface area contributed by atoms with Crippen LogP contribution in [0.1, 0.15) is 50.5 Å². The SMILES string of the molecule is O=C(Oc1ccccc1)C1OC1CCCCCCCCc1ccccc1. The van der Waals surface area contributed by atoms with Crippen LogP contribution in [0.15, 0.2) is 60.7 Å². The smallest absolute Gasteiger partial charge is 0.343 e. The molecule has 3 heteroatoms. The molecule has 138 valence electrons. The van der Waals surface area contributed by atoms with Crippen molar-refractivity contribution in [2.75, 3.05) is 0 Å². The molecular weight excluding hydrogens is 324 g/mol. The highest BCUT2D eigenvalue weighted by Gasteiger charge is 2.45. The van der Waals surface area contributed by atoms with Crippen molar-refractivity contribution in [1.82, 2.24) is 0 Å². The minimum absolute atomic E-state index is 0.0595. The van der Waals surface area contributed by atoms with Crippen LogP contribution in [-0.4, -0.2) is 18.2 Å². The second kappa shape index (κ2) is 10.1. The Morgan fingerprint density at radius 1 is 0.808 bits per heavy atom. The molecule has 1 aliphatic heterocycles. The average Bonchev–Trinajstić information content (AvgIpc) is 3.45. The molecule has 0 amide bonds. The van der Waals surface area contributed by atoms with Gasteiger partial charge in [-0.25, -0.2) is 4.79 Å². The maximum Gasteiger partial charge on any atom is 0.343 e. The maximum absolute atomic E-state index is 12.0. The van der Waals surface area contributed by atoms with Crippen LogP contribution in [0.3, 0.4) is 0 Å². The summed E-state index contributed by atoms with van der Waals surface area (Å²) in [7, 11) is 0.